The molecule has 88 valence electrons. The molecule has 0 radical (unpaired) electrons. The van der Waals surface area contributed by atoms with Crippen molar-refractivity contribution in [3.63, 3.8) is 0 Å². The second-order valence-corrected chi connectivity index (χ2v) is 3.92. The highest BCUT2D eigenvalue weighted by atomic mass is 15.1. The highest BCUT2D eigenvalue weighted by Gasteiger charge is 2.08. The SMILES string of the molecule is CN(/C(=C/C#N)c1ccccc1)c1ccccc1. The monoisotopic (exact) mass is 234 g/mol. The molecule has 18 heavy (non-hydrogen) atoms. The predicted octanol–water partition coefficient (Wildman–Crippen LogP) is 3.69. The van der Waals surface area contributed by atoms with Gasteiger partial charge < -0.3 is 4.90 Å². The highest BCUT2D eigenvalue weighted by Crippen LogP contribution is 2.23. The zero-order valence-corrected chi connectivity index (χ0v) is 10.2. The summed E-state index contributed by atoms with van der Waals surface area (Å²) in [5.41, 5.74) is 2.98. The maximum Gasteiger partial charge on any atom is 0.0934 e. The van der Waals surface area contributed by atoms with Crippen molar-refractivity contribution in [3.8, 4) is 6.07 Å². The smallest absolute Gasteiger partial charge is 0.0934 e. The number of nitrogens with zero attached hydrogens (tertiary/aromatic N) is 2. The van der Waals surface area contributed by atoms with Crippen molar-refractivity contribution in [1.29, 1.82) is 5.26 Å². The first-order chi connectivity index (χ1) is 8.83. The molecule has 0 aliphatic heterocycles. The molecule has 0 unspecified atom stereocenters. The second kappa shape index (κ2) is 5.70. The van der Waals surface area contributed by atoms with Crippen LogP contribution in [0.3, 0.4) is 0 Å². The molecule has 0 spiro atoms. The molecule has 2 heteroatoms. The van der Waals surface area contributed by atoms with Crippen LogP contribution in [0, 0.1) is 11.3 Å². The van der Waals surface area contributed by atoms with Crippen molar-refractivity contribution in [2.75, 3.05) is 11.9 Å². The lowest BCUT2D eigenvalue weighted by Gasteiger charge is -2.22. The second-order valence-electron chi connectivity index (χ2n) is 3.92. The molecule has 0 amide bonds. The molecular weight excluding hydrogens is 220 g/mol. The van der Waals surface area contributed by atoms with Gasteiger partial charge in [0.25, 0.3) is 0 Å². The topological polar surface area (TPSA) is 27.0 Å². The van der Waals surface area contributed by atoms with Gasteiger partial charge in [-0.2, -0.15) is 5.26 Å². The minimum atomic E-state index is 0.893. The Kier molecular flexibility index (Phi) is 3.78. The van der Waals surface area contributed by atoms with Gasteiger partial charge in [0, 0.05) is 18.8 Å². The van der Waals surface area contributed by atoms with E-state index in [1.54, 1.807) is 6.08 Å². The van der Waals surface area contributed by atoms with Gasteiger partial charge in [0.15, 0.2) is 0 Å². The molecule has 0 aromatic heterocycles. The Morgan fingerprint density at radius 3 is 2.11 bits per heavy atom. The van der Waals surface area contributed by atoms with E-state index in [1.165, 1.54) is 0 Å². The van der Waals surface area contributed by atoms with Crippen molar-refractivity contribution in [1.82, 2.24) is 0 Å². The maximum atomic E-state index is 8.94. The van der Waals surface area contributed by atoms with E-state index in [1.807, 2.05) is 72.6 Å². The minimum absolute atomic E-state index is 0.893. The molecule has 0 saturated carbocycles. The number of hydrogen-bond acceptors (Lipinski definition) is 2. The first kappa shape index (κ1) is 11.9. The molecule has 0 aliphatic carbocycles. The third kappa shape index (κ3) is 2.58. The molecule has 2 rings (SSSR count). The summed E-state index contributed by atoms with van der Waals surface area (Å²) in [7, 11) is 1.96. The Morgan fingerprint density at radius 1 is 1.00 bits per heavy atom. The summed E-state index contributed by atoms with van der Waals surface area (Å²) in [6, 6.07) is 22.0. The van der Waals surface area contributed by atoms with Crippen LogP contribution >= 0.6 is 0 Å². The summed E-state index contributed by atoms with van der Waals surface area (Å²) in [5, 5.41) is 8.94. The molecule has 0 atom stereocenters. The Balaban J connectivity index is 2.39. The third-order valence-corrected chi connectivity index (χ3v) is 2.78. The quantitative estimate of drug-likeness (QED) is 0.757. The maximum absolute atomic E-state index is 8.94. The molecule has 2 nitrogen and oxygen atoms in total. The van der Waals surface area contributed by atoms with E-state index >= 15 is 0 Å². The van der Waals surface area contributed by atoms with Crippen LogP contribution in [0.1, 0.15) is 5.56 Å². The van der Waals surface area contributed by atoms with Gasteiger partial charge in [-0.1, -0.05) is 48.5 Å². The van der Waals surface area contributed by atoms with E-state index in [-0.39, 0.29) is 0 Å². The zero-order chi connectivity index (χ0) is 12.8. The van der Waals surface area contributed by atoms with Gasteiger partial charge in [-0.25, -0.2) is 0 Å². The number of para-hydroxylation sites is 1. The van der Waals surface area contributed by atoms with Crippen LogP contribution in [0.2, 0.25) is 0 Å². The number of hydrogen-bond donors (Lipinski definition) is 0. The summed E-state index contributed by atoms with van der Waals surface area (Å²) in [6.45, 7) is 0. The summed E-state index contributed by atoms with van der Waals surface area (Å²) in [5.74, 6) is 0. The van der Waals surface area contributed by atoms with Crippen LogP contribution in [0.15, 0.2) is 66.7 Å². The number of rotatable bonds is 3. The largest absolute Gasteiger partial charge is 0.344 e. The Hall–Kier alpha value is -2.53. The molecule has 2 aromatic carbocycles. The molecule has 0 N–H and O–H groups in total. The Bertz CT molecular complexity index is 565. The van der Waals surface area contributed by atoms with Gasteiger partial charge in [-0.15, -0.1) is 0 Å². The fraction of sp³-hybridized carbons (Fsp3) is 0.0625. The lowest BCUT2D eigenvalue weighted by molar-refractivity contribution is 1.22. The first-order valence-electron chi connectivity index (χ1n) is 5.77. The Morgan fingerprint density at radius 2 is 1.56 bits per heavy atom. The van der Waals surface area contributed by atoms with E-state index in [0.29, 0.717) is 0 Å². The standard InChI is InChI=1S/C16H14N2/c1-18(15-10-6-3-7-11-15)16(12-13-17)14-8-4-2-5-9-14/h2-12H,1H3/b16-12+. The van der Waals surface area contributed by atoms with Crippen LogP contribution in [-0.2, 0) is 0 Å². The van der Waals surface area contributed by atoms with Gasteiger partial charge in [-0.05, 0) is 17.7 Å². The molecule has 2 aromatic rings. The molecule has 0 saturated heterocycles. The average molecular weight is 234 g/mol. The fourth-order valence-corrected chi connectivity index (χ4v) is 1.83. The van der Waals surface area contributed by atoms with E-state index in [9.17, 15) is 0 Å². The lowest BCUT2D eigenvalue weighted by atomic mass is 10.1. The number of benzene rings is 2. The van der Waals surface area contributed by atoms with Gasteiger partial charge in [-0.3, -0.25) is 0 Å². The van der Waals surface area contributed by atoms with Crippen LogP contribution in [-0.4, -0.2) is 7.05 Å². The predicted molar refractivity (Wildman–Crippen MR) is 74.9 cm³/mol. The van der Waals surface area contributed by atoms with Crippen molar-refractivity contribution in [2.24, 2.45) is 0 Å². The van der Waals surface area contributed by atoms with Gasteiger partial charge in [0.1, 0.15) is 0 Å². The normalized spacial score (nSPS) is 10.8. The van der Waals surface area contributed by atoms with Crippen LogP contribution < -0.4 is 4.90 Å². The van der Waals surface area contributed by atoms with Gasteiger partial charge in [0.05, 0.1) is 11.8 Å². The highest BCUT2D eigenvalue weighted by molar-refractivity contribution is 5.79. The Labute approximate surface area is 107 Å². The summed E-state index contributed by atoms with van der Waals surface area (Å²) >= 11 is 0. The summed E-state index contributed by atoms with van der Waals surface area (Å²) < 4.78 is 0. The van der Waals surface area contributed by atoms with Crippen LogP contribution in [0.4, 0.5) is 5.69 Å². The van der Waals surface area contributed by atoms with Crippen molar-refractivity contribution >= 4 is 11.4 Å². The number of anilines is 1. The van der Waals surface area contributed by atoms with Gasteiger partial charge in [0.2, 0.25) is 0 Å². The minimum Gasteiger partial charge on any atom is -0.344 e. The molecule has 0 heterocycles. The van der Waals surface area contributed by atoms with Crippen LogP contribution in [0.5, 0.6) is 0 Å². The fourth-order valence-electron chi connectivity index (χ4n) is 1.83. The van der Waals surface area contributed by atoms with Crippen molar-refractivity contribution in [3.05, 3.63) is 72.3 Å². The molecule has 0 bridgehead atoms. The molecule has 0 fully saturated rings. The van der Waals surface area contributed by atoms with Crippen molar-refractivity contribution in [2.45, 2.75) is 0 Å². The third-order valence-electron chi connectivity index (χ3n) is 2.78. The number of nitriles is 1. The summed E-state index contributed by atoms with van der Waals surface area (Å²) in [6.07, 6.45) is 1.57. The van der Waals surface area contributed by atoms with Crippen LogP contribution in [0.25, 0.3) is 5.70 Å². The molecular formula is C16H14N2. The number of allylic oxidation sites excluding steroid dienone is 1. The van der Waals surface area contributed by atoms with E-state index in [0.717, 1.165) is 16.9 Å². The molecule has 0 aliphatic rings. The zero-order valence-electron chi connectivity index (χ0n) is 10.2. The van der Waals surface area contributed by atoms with Gasteiger partial charge >= 0.3 is 0 Å². The lowest BCUT2D eigenvalue weighted by Crippen LogP contribution is -2.15. The first-order valence-corrected chi connectivity index (χ1v) is 5.77. The average Bonchev–Trinajstić information content (AvgIpc) is 2.46. The van der Waals surface area contributed by atoms with Crippen molar-refractivity contribution < 1.29 is 0 Å². The van der Waals surface area contributed by atoms with E-state index in [2.05, 4.69) is 6.07 Å². The summed E-state index contributed by atoms with van der Waals surface area (Å²) in [4.78, 5) is 2.01. The van der Waals surface area contributed by atoms with E-state index < -0.39 is 0 Å². The van der Waals surface area contributed by atoms with E-state index in [4.69, 9.17) is 5.26 Å².